The molecule has 0 unspecified atom stereocenters. The van der Waals surface area contributed by atoms with Gasteiger partial charge < -0.3 is 0 Å². The predicted molar refractivity (Wildman–Crippen MR) is 39.9 cm³/mol. The molecule has 9 heteroatoms. The van der Waals surface area contributed by atoms with Crippen molar-refractivity contribution in [3.05, 3.63) is 0 Å². The van der Waals surface area contributed by atoms with E-state index in [1.54, 1.807) is 0 Å². The first kappa shape index (κ1) is 12.0. The second-order valence-electron chi connectivity index (χ2n) is 2.37. The molecule has 0 saturated carbocycles. The number of hydrogen-bond acceptors (Lipinski definition) is 3. The molecule has 1 nitrogen and oxygen atoms in total. The van der Waals surface area contributed by atoms with Gasteiger partial charge in [0.15, 0.2) is 0 Å². The Morgan fingerprint density at radius 1 is 1.07 bits per heavy atom. The van der Waals surface area contributed by atoms with Crippen LogP contribution >= 0.6 is 23.5 Å². The van der Waals surface area contributed by atoms with Gasteiger partial charge in [0.05, 0.1) is 5.75 Å². The first-order valence-corrected chi connectivity index (χ1v) is 4.89. The van der Waals surface area contributed by atoms with Crippen LogP contribution in [0.3, 0.4) is 0 Å². The summed E-state index contributed by atoms with van der Waals surface area (Å²) in [5, 5.41) is -1.11. The second-order valence-corrected chi connectivity index (χ2v) is 5.09. The molecular formula is C5H2F6OS2. The summed E-state index contributed by atoms with van der Waals surface area (Å²) in [7, 11) is 0. The molecule has 0 amide bonds. The molecule has 1 fully saturated rings. The van der Waals surface area contributed by atoms with Gasteiger partial charge in [0.1, 0.15) is 0 Å². The normalized spacial score (nSPS) is 22.9. The summed E-state index contributed by atoms with van der Waals surface area (Å²) in [6, 6.07) is 0. The van der Waals surface area contributed by atoms with Gasteiger partial charge in [0.2, 0.25) is 5.12 Å². The van der Waals surface area contributed by atoms with Crippen LogP contribution in [-0.2, 0) is 4.79 Å². The molecule has 0 aromatic heterocycles. The maximum Gasteiger partial charge on any atom is 0.421 e. The Balaban J connectivity index is 3.12. The van der Waals surface area contributed by atoms with Crippen molar-refractivity contribution in [1.82, 2.24) is 0 Å². The van der Waals surface area contributed by atoms with Crippen molar-refractivity contribution < 1.29 is 31.1 Å². The van der Waals surface area contributed by atoms with Crippen molar-refractivity contribution in [2.45, 2.75) is 16.4 Å². The van der Waals surface area contributed by atoms with Crippen LogP contribution in [0.25, 0.3) is 0 Å². The fraction of sp³-hybridized carbons (Fsp3) is 0.800. The quantitative estimate of drug-likeness (QED) is 0.620. The van der Waals surface area contributed by atoms with Gasteiger partial charge in [0.25, 0.3) is 4.08 Å². The Bertz CT molecular complexity index is 242. The third kappa shape index (κ3) is 1.71. The summed E-state index contributed by atoms with van der Waals surface area (Å²) >= 11 is -1.12. The highest BCUT2D eigenvalue weighted by Gasteiger charge is 2.75. The van der Waals surface area contributed by atoms with Gasteiger partial charge in [0, 0.05) is 0 Å². The molecule has 1 aliphatic heterocycles. The maximum atomic E-state index is 12.2. The molecule has 0 aromatic carbocycles. The highest BCUT2D eigenvalue weighted by Crippen LogP contribution is 2.62. The third-order valence-corrected chi connectivity index (χ3v) is 4.58. The topological polar surface area (TPSA) is 17.1 Å². The molecule has 0 aliphatic carbocycles. The lowest BCUT2D eigenvalue weighted by atomic mass is 10.4. The third-order valence-electron chi connectivity index (χ3n) is 1.40. The summed E-state index contributed by atoms with van der Waals surface area (Å²) in [4.78, 5) is 10.5. The minimum Gasteiger partial charge on any atom is -0.286 e. The summed E-state index contributed by atoms with van der Waals surface area (Å²) in [5.74, 6) is -0.774. The maximum absolute atomic E-state index is 12.2. The predicted octanol–water partition coefficient (Wildman–Crippen LogP) is 2.81. The number of carbonyl (C=O) groups excluding carboxylic acids is 1. The van der Waals surface area contributed by atoms with Crippen molar-refractivity contribution in [3.8, 4) is 0 Å². The summed E-state index contributed by atoms with van der Waals surface area (Å²) in [6.45, 7) is 0. The van der Waals surface area contributed by atoms with Crippen LogP contribution in [0.15, 0.2) is 0 Å². The highest BCUT2D eigenvalue weighted by atomic mass is 32.2. The van der Waals surface area contributed by atoms with E-state index in [9.17, 15) is 31.1 Å². The first-order chi connectivity index (χ1) is 6.10. The SMILES string of the molecule is O=C1CSC(C(F)(F)F)(C(F)(F)F)S1. The van der Waals surface area contributed by atoms with Crippen LogP contribution in [0.4, 0.5) is 26.3 Å². The van der Waals surface area contributed by atoms with Gasteiger partial charge >= 0.3 is 12.4 Å². The number of hydrogen-bond donors (Lipinski definition) is 0. The number of halogens is 6. The molecular weight excluding hydrogens is 254 g/mol. The fourth-order valence-corrected chi connectivity index (χ4v) is 3.12. The summed E-state index contributed by atoms with van der Waals surface area (Å²) < 4.78 is 69.1. The zero-order valence-electron chi connectivity index (χ0n) is 6.20. The lowest BCUT2D eigenvalue weighted by Crippen LogP contribution is -2.50. The average molecular weight is 256 g/mol. The van der Waals surface area contributed by atoms with Gasteiger partial charge in [-0.1, -0.05) is 11.8 Å². The van der Waals surface area contributed by atoms with Crippen LogP contribution in [0.1, 0.15) is 0 Å². The lowest BCUT2D eigenvalue weighted by molar-refractivity contribution is -0.235. The van der Waals surface area contributed by atoms with Crippen LogP contribution in [0.5, 0.6) is 0 Å². The number of rotatable bonds is 0. The van der Waals surface area contributed by atoms with E-state index in [0.29, 0.717) is 0 Å². The molecule has 0 atom stereocenters. The van der Waals surface area contributed by atoms with E-state index in [2.05, 4.69) is 0 Å². The number of carbonyl (C=O) groups is 1. The average Bonchev–Trinajstić information content (AvgIpc) is 2.28. The van der Waals surface area contributed by atoms with Crippen molar-refractivity contribution >= 4 is 28.6 Å². The van der Waals surface area contributed by atoms with Crippen molar-refractivity contribution in [1.29, 1.82) is 0 Å². The lowest BCUT2D eigenvalue weighted by Gasteiger charge is -2.30. The van der Waals surface area contributed by atoms with Crippen molar-refractivity contribution in [2.24, 2.45) is 0 Å². The number of thioether (sulfide) groups is 2. The molecule has 0 bridgehead atoms. The van der Waals surface area contributed by atoms with Crippen molar-refractivity contribution in [3.63, 3.8) is 0 Å². The van der Waals surface area contributed by atoms with Gasteiger partial charge in [-0.25, -0.2) is 0 Å². The van der Waals surface area contributed by atoms with E-state index in [0.717, 1.165) is 0 Å². The Kier molecular flexibility index (Phi) is 2.77. The molecule has 0 aromatic rings. The van der Waals surface area contributed by atoms with Crippen LogP contribution in [0.2, 0.25) is 0 Å². The molecule has 0 spiro atoms. The van der Waals surface area contributed by atoms with E-state index in [-0.39, 0.29) is 0 Å². The van der Waals surface area contributed by atoms with Crippen LogP contribution in [0, 0.1) is 0 Å². The molecule has 14 heavy (non-hydrogen) atoms. The monoisotopic (exact) mass is 256 g/mol. The Hall–Kier alpha value is -0.0500. The standard InChI is InChI=1S/C5H2F6OS2/c6-4(7,8)3(5(9,10)11)13-1-2(12)14-3/h1H2. The zero-order valence-corrected chi connectivity index (χ0v) is 7.83. The van der Waals surface area contributed by atoms with Gasteiger partial charge in [-0.2, -0.15) is 26.3 Å². The summed E-state index contributed by atoms with van der Waals surface area (Å²) in [6.07, 6.45) is -11.0. The second kappa shape index (κ2) is 3.22. The Morgan fingerprint density at radius 3 is 1.64 bits per heavy atom. The molecule has 1 saturated heterocycles. The molecule has 1 rings (SSSR count). The van der Waals surface area contributed by atoms with Crippen molar-refractivity contribution in [2.75, 3.05) is 5.75 Å². The first-order valence-electron chi connectivity index (χ1n) is 3.09. The highest BCUT2D eigenvalue weighted by molar-refractivity contribution is 8.31. The minimum atomic E-state index is -5.48. The Labute approximate surface area is 82.6 Å². The van der Waals surface area contributed by atoms with E-state index in [1.165, 1.54) is 0 Å². The van der Waals surface area contributed by atoms with Gasteiger partial charge in [-0.05, 0) is 0 Å². The van der Waals surface area contributed by atoms with E-state index in [4.69, 9.17) is 0 Å². The molecule has 1 aliphatic rings. The van der Waals surface area contributed by atoms with E-state index < -0.39 is 50.8 Å². The smallest absolute Gasteiger partial charge is 0.286 e. The molecule has 0 radical (unpaired) electrons. The van der Waals surface area contributed by atoms with Gasteiger partial charge in [-0.15, -0.1) is 11.8 Å². The fourth-order valence-electron chi connectivity index (χ4n) is 0.820. The van der Waals surface area contributed by atoms with E-state index in [1.807, 2.05) is 0 Å². The zero-order chi connectivity index (χ0) is 11.2. The Morgan fingerprint density at radius 2 is 1.50 bits per heavy atom. The van der Waals surface area contributed by atoms with Crippen LogP contribution < -0.4 is 0 Å². The van der Waals surface area contributed by atoms with Gasteiger partial charge in [-0.3, -0.25) is 4.79 Å². The molecule has 1 heterocycles. The molecule has 0 N–H and O–H groups in total. The number of alkyl halides is 6. The largest absolute Gasteiger partial charge is 0.421 e. The molecule has 82 valence electrons. The van der Waals surface area contributed by atoms with Crippen LogP contribution in [-0.4, -0.2) is 27.3 Å². The van der Waals surface area contributed by atoms with E-state index >= 15 is 0 Å². The minimum absolute atomic E-state index is 0.425. The summed E-state index contributed by atoms with van der Waals surface area (Å²) in [5.41, 5.74) is 0.